The van der Waals surface area contributed by atoms with Gasteiger partial charge in [-0.3, -0.25) is 0 Å². The van der Waals surface area contributed by atoms with Crippen LogP contribution in [0.3, 0.4) is 0 Å². The Kier molecular flexibility index (Phi) is 3.16. The van der Waals surface area contributed by atoms with Crippen LogP contribution >= 0.6 is 0 Å². The lowest BCUT2D eigenvalue weighted by atomic mass is 9.85. The van der Waals surface area contributed by atoms with E-state index in [-0.39, 0.29) is 11.7 Å². The molecule has 1 aromatic rings. The summed E-state index contributed by atoms with van der Waals surface area (Å²) >= 11 is 0. The van der Waals surface area contributed by atoms with Gasteiger partial charge in [-0.1, -0.05) is 24.3 Å². The zero-order valence-electron chi connectivity index (χ0n) is 11.4. The summed E-state index contributed by atoms with van der Waals surface area (Å²) in [7, 11) is 0. The number of ether oxygens (including phenoxy) is 1. The van der Waals surface area contributed by atoms with Crippen molar-refractivity contribution < 1.29 is 4.74 Å². The first-order valence-electron chi connectivity index (χ1n) is 7.21. The van der Waals surface area contributed by atoms with Gasteiger partial charge in [0.2, 0.25) is 0 Å². The molecule has 2 heteroatoms. The number of benzene rings is 1. The number of aryl methyl sites for hydroxylation is 1. The van der Waals surface area contributed by atoms with Crippen molar-refractivity contribution in [1.29, 1.82) is 0 Å². The molecule has 3 atom stereocenters. The number of nitrogens with one attached hydrogen (secondary N) is 1. The third-order valence-corrected chi connectivity index (χ3v) is 4.61. The third-order valence-electron chi connectivity index (χ3n) is 4.61. The van der Waals surface area contributed by atoms with E-state index >= 15 is 0 Å². The molecule has 1 heterocycles. The number of hydrogen-bond acceptors (Lipinski definition) is 2. The smallest absolute Gasteiger partial charge is 0.106 e. The zero-order valence-corrected chi connectivity index (χ0v) is 11.4. The van der Waals surface area contributed by atoms with Crippen molar-refractivity contribution in [2.45, 2.75) is 57.3 Å². The average molecular weight is 245 g/mol. The summed E-state index contributed by atoms with van der Waals surface area (Å²) in [6.45, 7) is 5.35. The molecule has 1 aliphatic heterocycles. The molecule has 0 radical (unpaired) electrons. The fourth-order valence-electron chi connectivity index (χ4n) is 3.34. The van der Waals surface area contributed by atoms with E-state index in [4.69, 9.17) is 4.74 Å². The highest BCUT2D eigenvalue weighted by molar-refractivity contribution is 5.34. The highest BCUT2D eigenvalue weighted by Gasteiger charge is 2.41. The lowest BCUT2D eigenvalue weighted by Gasteiger charge is -2.44. The second-order valence-electron chi connectivity index (χ2n) is 5.85. The van der Waals surface area contributed by atoms with Gasteiger partial charge in [-0.15, -0.1) is 0 Å². The Morgan fingerprint density at radius 3 is 2.89 bits per heavy atom. The molecule has 1 aliphatic carbocycles. The maximum atomic E-state index is 6.47. The average Bonchev–Trinajstić information content (AvgIpc) is 2.56. The molecule has 1 aromatic carbocycles. The molecule has 0 saturated carbocycles. The lowest BCUT2D eigenvalue weighted by Crippen LogP contribution is -2.55. The van der Waals surface area contributed by atoms with Crippen molar-refractivity contribution in [2.24, 2.45) is 0 Å². The van der Waals surface area contributed by atoms with Gasteiger partial charge in [0.15, 0.2) is 0 Å². The molecule has 1 spiro atoms. The van der Waals surface area contributed by atoms with Crippen LogP contribution in [0, 0.1) is 0 Å². The molecule has 0 amide bonds. The van der Waals surface area contributed by atoms with E-state index in [9.17, 15) is 0 Å². The van der Waals surface area contributed by atoms with E-state index < -0.39 is 0 Å². The van der Waals surface area contributed by atoms with Gasteiger partial charge in [-0.2, -0.15) is 0 Å². The van der Waals surface area contributed by atoms with Crippen LogP contribution in [0.1, 0.15) is 44.2 Å². The van der Waals surface area contributed by atoms with Gasteiger partial charge in [0, 0.05) is 12.6 Å². The number of morpholine rings is 1. The van der Waals surface area contributed by atoms with Gasteiger partial charge in [0.25, 0.3) is 0 Å². The second kappa shape index (κ2) is 4.67. The largest absolute Gasteiger partial charge is 0.364 e. The SMILES string of the molecule is CC1NCC2(CCCCc3ccccc32)OC1C. The highest BCUT2D eigenvalue weighted by atomic mass is 16.5. The van der Waals surface area contributed by atoms with Gasteiger partial charge in [-0.25, -0.2) is 0 Å². The summed E-state index contributed by atoms with van der Waals surface area (Å²) in [6, 6.07) is 9.29. The zero-order chi connectivity index (χ0) is 12.6. The van der Waals surface area contributed by atoms with Crippen LogP contribution in [0.4, 0.5) is 0 Å². The summed E-state index contributed by atoms with van der Waals surface area (Å²) in [5.74, 6) is 0. The standard InChI is InChI=1S/C16H23NO/c1-12-13(2)18-16(11-17-12)10-6-5-8-14-7-3-4-9-15(14)16/h3-4,7,9,12-13,17H,5-6,8,10-11H2,1-2H3. The molecular weight excluding hydrogens is 222 g/mol. The Bertz CT molecular complexity index is 431. The van der Waals surface area contributed by atoms with Crippen LogP contribution in [0.25, 0.3) is 0 Å². The van der Waals surface area contributed by atoms with Gasteiger partial charge < -0.3 is 10.1 Å². The first-order chi connectivity index (χ1) is 8.71. The minimum absolute atomic E-state index is 0.0843. The molecule has 1 saturated heterocycles. The normalized spacial score (nSPS) is 36.1. The topological polar surface area (TPSA) is 21.3 Å². The third kappa shape index (κ3) is 1.98. The Balaban J connectivity index is 2.00. The van der Waals surface area contributed by atoms with Crippen molar-refractivity contribution in [1.82, 2.24) is 5.32 Å². The van der Waals surface area contributed by atoms with Gasteiger partial charge in [-0.05, 0) is 50.7 Å². The summed E-state index contributed by atoms with van der Waals surface area (Å²) in [5.41, 5.74) is 2.83. The number of fused-ring (bicyclic) bond motifs is 2. The second-order valence-corrected chi connectivity index (χ2v) is 5.85. The Morgan fingerprint density at radius 1 is 1.22 bits per heavy atom. The molecule has 18 heavy (non-hydrogen) atoms. The van der Waals surface area contributed by atoms with Crippen molar-refractivity contribution in [2.75, 3.05) is 6.54 Å². The van der Waals surface area contributed by atoms with Gasteiger partial charge in [0.05, 0.1) is 6.10 Å². The van der Waals surface area contributed by atoms with Crippen LogP contribution in [-0.2, 0) is 16.8 Å². The van der Waals surface area contributed by atoms with Gasteiger partial charge in [0.1, 0.15) is 5.60 Å². The molecule has 0 bridgehead atoms. The monoisotopic (exact) mass is 245 g/mol. The predicted molar refractivity (Wildman–Crippen MR) is 73.7 cm³/mol. The summed E-state index contributed by atoms with van der Waals surface area (Å²) in [5, 5.41) is 3.64. The molecule has 2 aliphatic rings. The maximum Gasteiger partial charge on any atom is 0.106 e. The molecule has 1 fully saturated rings. The van der Waals surface area contributed by atoms with Crippen LogP contribution in [0.15, 0.2) is 24.3 Å². The summed E-state index contributed by atoms with van der Waals surface area (Å²) < 4.78 is 6.47. The molecular formula is C16H23NO. The molecule has 98 valence electrons. The quantitative estimate of drug-likeness (QED) is 0.758. The lowest BCUT2D eigenvalue weighted by molar-refractivity contribution is -0.135. The fraction of sp³-hybridized carbons (Fsp3) is 0.625. The van der Waals surface area contributed by atoms with Crippen LogP contribution in [0.2, 0.25) is 0 Å². The van der Waals surface area contributed by atoms with Crippen molar-refractivity contribution in [3.05, 3.63) is 35.4 Å². The van der Waals surface area contributed by atoms with E-state index in [2.05, 4.69) is 43.4 Å². The van der Waals surface area contributed by atoms with Crippen LogP contribution in [0.5, 0.6) is 0 Å². The molecule has 2 nitrogen and oxygen atoms in total. The van der Waals surface area contributed by atoms with Gasteiger partial charge >= 0.3 is 0 Å². The van der Waals surface area contributed by atoms with E-state index in [0.717, 1.165) is 13.0 Å². The molecule has 0 aromatic heterocycles. The molecule has 1 N–H and O–H groups in total. The summed E-state index contributed by atoms with van der Waals surface area (Å²) in [4.78, 5) is 0. The maximum absolute atomic E-state index is 6.47. The molecule has 3 unspecified atom stereocenters. The minimum Gasteiger partial charge on any atom is -0.364 e. The molecule has 3 rings (SSSR count). The van der Waals surface area contributed by atoms with Crippen molar-refractivity contribution >= 4 is 0 Å². The Labute approximate surface area is 110 Å². The Morgan fingerprint density at radius 2 is 2.06 bits per heavy atom. The highest BCUT2D eigenvalue weighted by Crippen LogP contribution is 2.39. The first kappa shape index (κ1) is 12.2. The van der Waals surface area contributed by atoms with E-state index in [1.807, 2.05) is 0 Å². The number of hydrogen-bond donors (Lipinski definition) is 1. The first-order valence-corrected chi connectivity index (χ1v) is 7.21. The summed E-state index contributed by atoms with van der Waals surface area (Å²) in [6.07, 6.45) is 5.17. The van der Waals surface area contributed by atoms with E-state index in [0.29, 0.717) is 6.04 Å². The Hall–Kier alpha value is -0.860. The number of rotatable bonds is 0. The van der Waals surface area contributed by atoms with Crippen molar-refractivity contribution in [3.8, 4) is 0 Å². The fourth-order valence-corrected chi connectivity index (χ4v) is 3.34. The van der Waals surface area contributed by atoms with E-state index in [1.165, 1.54) is 30.4 Å². The van der Waals surface area contributed by atoms with Crippen LogP contribution < -0.4 is 5.32 Å². The van der Waals surface area contributed by atoms with Crippen LogP contribution in [-0.4, -0.2) is 18.7 Å². The minimum atomic E-state index is -0.0843. The van der Waals surface area contributed by atoms with Crippen molar-refractivity contribution in [3.63, 3.8) is 0 Å². The predicted octanol–water partition coefficient (Wildman–Crippen LogP) is 3.01. The van der Waals surface area contributed by atoms with E-state index in [1.54, 1.807) is 0 Å².